The van der Waals surface area contributed by atoms with E-state index in [9.17, 15) is 8.42 Å². The molecule has 1 atom stereocenters. The lowest BCUT2D eigenvalue weighted by atomic mass is 10.3. The van der Waals surface area contributed by atoms with Gasteiger partial charge in [0.1, 0.15) is 4.90 Å². The molecule has 0 aliphatic rings. The summed E-state index contributed by atoms with van der Waals surface area (Å²) >= 11 is 0. The van der Waals surface area contributed by atoms with Crippen LogP contribution in [-0.2, 0) is 21.3 Å². The van der Waals surface area contributed by atoms with Crippen LogP contribution in [0.25, 0.3) is 0 Å². The van der Waals surface area contributed by atoms with E-state index >= 15 is 0 Å². The smallest absolute Gasteiger partial charge is 0.243 e. The summed E-state index contributed by atoms with van der Waals surface area (Å²) in [4.78, 5) is 0.197. The Morgan fingerprint density at radius 1 is 1.43 bits per heavy atom. The van der Waals surface area contributed by atoms with E-state index in [2.05, 4.69) is 22.1 Å². The zero-order valence-electron chi connectivity index (χ0n) is 13.0. The summed E-state index contributed by atoms with van der Waals surface area (Å²) in [6, 6.07) is -0.176. The number of hydrogen-bond donors (Lipinski definition) is 2. The summed E-state index contributed by atoms with van der Waals surface area (Å²) in [6.07, 6.45) is 4.64. The standard InChI is InChI=1S/C13H26N4O3S/c1-4-6-14-7-8-17-11-13(10-15-17)21(18,19)16-12(2)5-9-20-3/h10-12,14,16H,4-9H2,1-3H3. The molecule has 0 aromatic carbocycles. The van der Waals surface area contributed by atoms with Gasteiger partial charge in [0.2, 0.25) is 10.0 Å². The van der Waals surface area contributed by atoms with Crippen molar-refractivity contribution in [1.29, 1.82) is 0 Å². The number of nitrogens with one attached hydrogen (secondary N) is 2. The Morgan fingerprint density at radius 2 is 2.19 bits per heavy atom. The van der Waals surface area contributed by atoms with Crippen molar-refractivity contribution in [2.24, 2.45) is 0 Å². The molecule has 0 aliphatic heterocycles. The minimum Gasteiger partial charge on any atom is -0.385 e. The van der Waals surface area contributed by atoms with Crippen LogP contribution in [0.3, 0.4) is 0 Å². The van der Waals surface area contributed by atoms with Gasteiger partial charge in [-0.15, -0.1) is 0 Å². The first-order valence-corrected chi connectivity index (χ1v) is 8.72. The van der Waals surface area contributed by atoms with Gasteiger partial charge in [0.05, 0.1) is 12.7 Å². The second kappa shape index (κ2) is 9.14. The summed E-state index contributed by atoms with van der Waals surface area (Å²) in [6.45, 7) is 6.80. The van der Waals surface area contributed by atoms with Gasteiger partial charge in [0.15, 0.2) is 0 Å². The molecular formula is C13H26N4O3S. The number of rotatable bonds is 11. The van der Waals surface area contributed by atoms with Gasteiger partial charge in [-0.25, -0.2) is 13.1 Å². The fraction of sp³-hybridized carbons (Fsp3) is 0.769. The van der Waals surface area contributed by atoms with E-state index in [-0.39, 0.29) is 10.9 Å². The van der Waals surface area contributed by atoms with Crippen molar-refractivity contribution in [3.8, 4) is 0 Å². The van der Waals surface area contributed by atoms with Gasteiger partial charge in [0, 0.05) is 32.5 Å². The molecule has 0 radical (unpaired) electrons. The Kier molecular flexibility index (Phi) is 7.87. The number of hydrogen-bond acceptors (Lipinski definition) is 5. The predicted molar refractivity (Wildman–Crippen MR) is 81.7 cm³/mol. The average Bonchev–Trinajstić information content (AvgIpc) is 2.90. The average molecular weight is 318 g/mol. The van der Waals surface area contributed by atoms with Gasteiger partial charge >= 0.3 is 0 Å². The summed E-state index contributed by atoms with van der Waals surface area (Å²) in [7, 11) is -1.92. The molecule has 0 amide bonds. The largest absolute Gasteiger partial charge is 0.385 e. The van der Waals surface area contributed by atoms with Crippen LogP contribution in [-0.4, -0.2) is 51.0 Å². The second-order valence-electron chi connectivity index (χ2n) is 4.99. The first kappa shape index (κ1) is 18.1. The van der Waals surface area contributed by atoms with Crippen molar-refractivity contribution >= 4 is 10.0 Å². The minimum absolute atomic E-state index is 0.176. The molecule has 21 heavy (non-hydrogen) atoms. The molecule has 0 saturated carbocycles. The van der Waals surface area contributed by atoms with Crippen LogP contribution < -0.4 is 10.0 Å². The van der Waals surface area contributed by atoms with Crippen LogP contribution in [0.4, 0.5) is 0 Å². The summed E-state index contributed by atoms with van der Waals surface area (Å²) in [5, 5.41) is 7.33. The van der Waals surface area contributed by atoms with E-state index in [4.69, 9.17) is 4.74 Å². The van der Waals surface area contributed by atoms with Gasteiger partial charge in [-0.1, -0.05) is 6.92 Å². The van der Waals surface area contributed by atoms with Gasteiger partial charge < -0.3 is 10.1 Å². The maximum atomic E-state index is 12.2. The Hall–Kier alpha value is -0.960. The van der Waals surface area contributed by atoms with E-state index in [1.165, 1.54) is 6.20 Å². The molecule has 0 fully saturated rings. The first-order valence-electron chi connectivity index (χ1n) is 7.24. The summed E-state index contributed by atoms with van der Waals surface area (Å²) < 4.78 is 33.5. The van der Waals surface area contributed by atoms with E-state index in [0.29, 0.717) is 19.6 Å². The molecule has 1 heterocycles. The third-order valence-electron chi connectivity index (χ3n) is 2.98. The maximum Gasteiger partial charge on any atom is 0.243 e. The van der Waals surface area contributed by atoms with E-state index in [0.717, 1.165) is 19.5 Å². The van der Waals surface area contributed by atoms with Crippen LogP contribution in [0.2, 0.25) is 0 Å². The van der Waals surface area contributed by atoms with Crippen molar-refractivity contribution in [2.75, 3.05) is 26.8 Å². The molecule has 0 aliphatic carbocycles. The fourth-order valence-corrected chi connectivity index (χ4v) is 3.02. The molecule has 1 aromatic heterocycles. The lowest BCUT2D eigenvalue weighted by Gasteiger charge is -2.12. The maximum absolute atomic E-state index is 12.2. The van der Waals surface area contributed by atoms with Crippen LogP contribution >= 0.6 is 0 Å². The molecule has 2 N–H and O–H groups in total. The summed E-state index contributed by atoms with van der Waals surface area (Å²) in [5.41, 5.74) is 0. The van der Waals surface area contributed by atoms with E-state index in [1.807, 2.05) is 6.92 Å². The summed E-state index contributed by atoms with van der Waals surface area (Å²) in [5.74, 6) is 0. The van der Waals surface area contributed by atoms with Gasteiger partial charge in [-0.2, -0.15) is 5.10 Å². The topological polar surface area (TPSA) is 85.2 Å². The number of methoxy groups -OCH3 is 1. The first-order chi connectivity index (χ1) is 9.99. The number of ether oxygens (including phenoxy) is 1. The Morgan fingerprint density at radius 3 is 2.86 bits per heavy atom. The monoisotopic (exact) mass is 318 g/mol. The van der Waals surface area contributed by atoms with E-state index in [1.54, 1.807) is 18.0 Å². The lowest BCUT2D eigenvalue weighted by molar-refractivity contribution is 0.188. The van der Waals surface area contributed by atoms with Gasteiger partial charge in [0.25, 0.3) is 0 Å². The van der Waals surface area contributed by atoms with Crippen LogP contribution in [0.5, 0.6) is 0 Å². The zero-order valence-corrected chi connectivity index (χ0v) is 13.8. The molecule has 122 valence electrons. The van der Waals surface area contributed by atoms with Gasteiger partial charge in [-0.05, 0) is 26.3 Å². The Bertz CT molecular complexity index is 501. The number of sulfonamides is 1. The van der Waals surface area contributed by atoms with E-state index < -0.39 is 10.0 Å². The van der Waals surface area contributed by atoms with Crippen molar-refractivity contribution < 1.29 is 13.2 Å². The fourth-order valence-electron chi connectivity index (χ4n) is 1.79. The minimum atomic E-state index is -3.51. The lowest BCUT2D eigenvalue weighted by Crippen LogP contribution is -2.33. The third kappa shape index (κ3) is 6.56. The van der Waals surface area contributed by atoms with Crippen molar-refractivity contribution in [3.63, 3.8) is 0 Å². The molecule has 1 unspecified atom stereocenters. The predicted octanol–water partition coefficient (Wildman–Crippen LogP) is 0.586. The molecule has 7 nitrogen and oxygen atoms in total. The molecule has 8 heteroatoms. The zero-order chi connectivity index (χ0) is 15.7. The molecule has 0 spiro atoms. The molecule has 0 bridgehead atoms. The Balaban J connectivity index is 2.53. The molecular weight excluding hydrogens is 292 g/mol. The highest BCUT2D eigenvalue weighted by atomic mass is 32.2. The van der Waals surface area contributed by atoms with Crippen molar-refractivity contribution in [3.05, 3.63) is 12.4 Å². The van der Waals surface area contributed by atoms with Crippen LogP contribution in [0.1, 0.15) is 26.7 Å². The van der Waals surface area contributed by atoms with Crippen molar-refractivity contribution in [2.45, 2.75) is 44.2 Å². The van der Waals surface area contributed by atoms with Crippen molar-refractivity contribution in [1.82, 2.24) is 19.8 Å². The molecule has 1 rings (SSSR count). The SMILES string of the molecule is CCCNCCn1cc(S(=O)(=O)NC(C)CCOC)cn1. The number of nitrogens with zero attached hydrogens (tertiary/aromatic N) is 2. The molecule has 0 saturated heterocycles. The quantitative estimate of drug-likeness (QED) is 0.583. The molecule has 1 aromatic rings. The van der Waals surface area contributed by atoms with Crippen LogP contribution in [0.15, 0.2) is 17.3 Å². The third-order valence-corrected chi connectivity index (χ3v) is 4.52. The highest BCUT2D eigenvalue weighted by Gasteiger charge is 2.19. The second-order valence-corrected chi connectivity index (χ2v) is 6.71. The highest BCUT2D eigenvalue weighted by Crippen LogP contribution is 2.08. The van der Waals surface area contributed by atoms with Crippen LogP contribution in [0, 0.1) is 0 Å². The highest BCUT2D eigenvalue weighted by molar-refractivity contribution is 7.89. The number of aromatic nitrogens is 2. The van der Waals surface area contributed by atoms with Gasteiger partial charge in [-0.3, -0.25) is 4.68 Å². The normalized spacial score (nSPS) is 13.5. The Labute approximate surface area is 127 Å².